The summed E-state index contributed by atoms with van der Waals surface area (Å²) in [5, 5.41) is -1.58. The topological polar surface area (TPSA) is 135 Å². The third-order valence-corrected chi connectivity index (χ3v) is 5.05. The number of nitrogens with two attached hydrogens (primary N) is 1. The number of carbonyl (C=O) groups excluding carboxylic acids is 1. The van der Waals surface area contributed by atoms with E-state index in [0.717, 1.165) is 17.0 Å². The molecule has 0 aliphatic carbocycles. The van der Waals surface area contributed by atoms with E-state index in [1.54, 1.807) is 0 Å². The Labute approximate surface area is 120 Å². The van der Waals surface area contributed by atoms with E-state index in [9.17, 15) is 25.5 Å². The molecule has 0 saturated carbocycles. The first-order chi connectivity index (χ1) is 9.50. The summed E-state index contributed by atoms with van der Waals surface area (Å²) in [5.41, 5.74) is 5.31. The number of rotatable bonds is 3. The molecule has 1 aromatic rings. The summed E-state index contributed by atoms with van der Waals surface area (Å²) in [7, 11) is -9.60. The van der Waals surface area contributed by atoms with Crippen LogP contribution in [0.1, 0.15) is 6.42 Å². The second-order valence-corrected chi connectivity index (χ2v) is 7.52. The van der Waals surface area contributed by atoms with E-state index in [0.29, 0.717) is 0 Å². The highest BCUT2D eigenvalue weighted by Crippen LogP contribution is 2.32. The number of benzene rings is 1. The molecule has 11 heteroatoms. The number of amides is 1. The van der Waals surface area contributed by atoms with Gasteiger partial charge in [-0.05, 0) is 18.2 Å². The van der Waals surface area contributed by atoms with Gasteiger partial charge in [0.05, 0.1) is 5.69 Å². The molecular formula is C10H11FN2O6S2. The van der Waals surface area contributed by atoms with E-state index in [-0.39, 0.29) is 11.4 Å². The van der Waals surface area contributed by atoms with Gasteiger partial charge in [0.2, 0.25) is 5.91 Å². The van der Waals surface area contributed by atoms with Crippen LogP contribution in [0.25, 0.3) is 0 Å². The fourth-order valence-corrected chi connectivity index (χ4v) is 3.40. The lowest BCUT2D eigenvalue weighted by Crippen LogP contribution is -2.28. The molecule has 8 nitrogen and oxygen atoms in total. The highest BCUT2D eigenvalue weighted by molar-refractivity contribution is 7.87. The van der Waals surface area contributed by atoms with Crippen LogP contribution in [-0.4, -0.2) is 39.1 Å². The van der Waals surface area contributed by atoms with Gasteiger partial charge in [0, 0.05) is 18.7 Å². The molecule has 21 heavy (non-hydrogen) atoms. The van der Waals surface area contributed by atoms with Crippen molar-refractivity contribution in [1.82, 2.24) is 0 Å². The van der Waals surface area contributed by atoms with Crippen molar-refractivity contribution in [2.24, 2.45) is 0 Å². The summed E-state index contributed by atoms with van der Waals surface area (Å²) in [4.78, 5) is 12.0. The predicted molar refractivity (Wildman–Crippen MR) is 71.5 cm³/mol. The summed E-state index contributed by atoms with van der Waals surface area (Å²) in [6, 6.07) is 3.26. The Balaban J connectivity index is 2.53. The maximum absolute atomic E-state index is 13.0. The highest BCUT2D eigenvalue weighted by atomic mass is 32.3. The SMILES string of the molecule is Nc1ccc(S(=O)(=O)O)c(N2CC(S(=O)(=O)F)CC2=O)c1. The van der Waals surface area contributed by atoms with Crippen molar-refractivity contribution < 1.29 is 30.1 Å². The monoisotopic (exact) mass is 338 g/mol. The molecule has 0 spiro atoms. The summed E-state index contributed by atoms with van der Waals surface area (Å²) >= 11 is 0. The molecule has 0 radical (unpaired) electrons. The van der Waals surface area contributed by atoms with Crippen LogP contribution in [0.3, 0.4) is 0 Å². The van der Waals surface area contributed by atoms with Crippen LogP contribution in [0.5, 0.6) is 0 Å². The molecule has 1 aliphatic rings. The average molecular weight is 338 g/mol. The lowest BCUT2D eigenvalue weighted by molar-refractivity contribution is -0.117. The second-order valence-electron chi connectivity index (χ2n) is 4.51. The van der Waals surface area contributed by atoms with E-state index < -0.39 is 49.4 Å². The Kier molecular flexibility index (Phi) is 3.68. The van der Waals surface area contributed by atoms with Gasteiger partial charge in [-0.2, -0.15) is 16.8 Å². The van der Waals surface area contributed by atoms with Crippen molar-refractivity contribution in [3.05, 3.63) is 18.2 Å². The molecule has 0 bridgehead atoms. The molecule has 0 aromatic heterocycles. The van der Waals surface area contributed by atoms with E-state index in [2.05, 4.69) is 0 Å². The van der Waals surface area contributed by atoms with Gasteiger partial charge in [0.25, 0.3) is 10.1 Å². The second kappa shape index (κ2) is 4.93. The third-order valence-electron chi connectivity index (χ3n) is 3.04. The molecule has 2 rings (SSSR count). The van der Waals surface area contributed by atoms with Crippen LogP contribution in [0.4, 0.5) is 15.3 Å². The lowest BCUT2D eigenvalue weighted by atomic mass is 10.2. The number of hydrogen-bond donors (Lipinski definition) is 2. The molecule has 1 atom stereocenters. The smallest absolute Gasteiger partial charge is 0.307 e. The molecule has 1 heterocycles. The molecule has 1 amide bonds. The van der Waals surface area contributed by atoms with Crippen molar-refractivity contribution in [3.8, 4) is 0 Å². The number of nitrogens with zero attached hydrogens (tertiary/aromatic N) is 1. The normalized spacial score (nSPS) is 20.0. The molecule has 116 valence electrons. The standard InChI is InChI=1S/C10H11FN2O6S2/c11-20(15,16)7-4-10(14)13(5-7)8-3-6(12)1-2-9(8)21(17,18)19/h1-3,7H,4-5,12H2,(H,17,18,19). The third kappa shape index (κ3) is 3.14. The van der Waals surface area contributed by atoms with Gasteiger partial charge in [-0.1, -0.05) is 0 Å². The van der Waals surface area contributed by atoms with Crippen LogP contribution < -0.4 is 10.6 Å². The summed E-state index contributed by atoms with van der Waals surface area (Å²) < 4.78 is 66.4. The van der Waals surface area contributed by atoms with Gasteiger partial charge in [-0.15, -0.1) is 3.89 Å². The Hall–Kier alpha value is -1.72. The van der Waals surface area contributed by atoms with E-state index in [1.165, 1.54) is 6.07 Å². The maximum atomic E-state index is 13.0. The Morgan fingerprint density at radius 2 is 1.90 bits per heavy atom. The number of halogens is 1. The van der Waals surface area contributed by atoms with Crippen molar-refractivity contribution in [2.75, 3.05) is 17.2 Å². The number of carbonyl (C=O) groups is 1. The van der Waals surface area contributed by atoms with Gasteiger partial charge < -0.3 is 10.6 Å². The highest BCUT2D eigenvalue weighted by Gasteiger charge is 2.40. The molecule has 1 unspecified atom stereocenters. The maximum Gasteiger partial charge on any atom is 0.307 e. The number of anilines is 2. The van der Waals surface area contributed by atoms with Crippen molar-refractivity contribution >= 4 is 37.6 Å². The molecule has 1 fully saturated rings. The number of hydrogen-bond acceptors (Lipinski definition) is 6. The first-order valence-electron chi connectivity index (χ1n) is 5.61. The molecule has 1 aromatic carbocycles. The average Bonchev–Trinajstić information content (AvgIpc) is 2.69. The van der Waals surface area contributed by atoms with Crippen LogP contribution in [0.2, 0.25) is 0 Å². The zero-order valence-corrected chi connectivity index (χ0v) is 12.1. The summed E-state index contributed by atoms with van der Waals surface area (Å²) in [6.07, 6.45) is -0.613. The fourth-order valence-electron chi connectivity index (χ4n) is 2.06. The quantitative estimate of drug-likeness (QED) is 0.447. The zero-order valence-electron chi connectivity index (χ0n) is 10.4. The van der Waals surface area contributed by atoms with Crippen LogP contribution in [0.15, 0.2) is 23.1 Å². The van der Waals surface area contributed by atoms with Crippen molar-refractivity contribution in [2.45, 2.75) is 16.6 Å². The first-order valence-corrected chi connectivity index (χ1v) is 8.49. The largest absolute Gasteiger partial charge is 0.399 e. The van der Waals surface area contributed by atoms with Crippen molar-refractivity contribution in [1.29, 1.82) is 0 Å². The molecule has 1 saturated heterocycles. The molecule has 3 N–H and O–H groups in total. The van der Waals surface area contributed by atoms with Gasteiger partial charge in [0.1, 0.15) is 10.1 Å². The van der Waals surface area contributed by atoms with E-state index in [4.69, 9.17) is 10.3 Å². The van der Waals surface area contributed by atoms with Gasteiger partial charge in [-0.3, -0.25) is 9.35 Å². The van der Waals surface area contributed by atoms with Gasteiger partial charge in [0.15, 0.2) is 0 Å². The number of nitrogen functional groups attached to an aromatic ring is 1. The fraction of sp³-hybridized carbons (Fsp3) is 0.300. The van der Waals surface area contributed by atoms with Crippen molar-refractivity contribution in [3.63, 3.8) is 0 Å². The Bertz CT molecular complexity index is 805. The van der Waals surface area contributed by atoms with E-state index in [1.807, 2.05) is 0 Å². The van der Waals surface area contributed by atoms with Gasteiger partial charge in [-0.25, -0.2) is 0 Å². The molecular weight excluding hydrogens is 327 g/mol. The zero-order chi connectivity index (χ0) is 16.0. The minimum atomic E-state index is -4.94. The predicted octanol–water partition coefficient (Wildman–Crippen LogP) is -0.0799. The summed E-state index contributed by atoms with van der Waals surface area (Å²) in [6.45, 7) is -0.552. The molecule has 1 aliphatic heterocycles. The Morgan fingerprint density at radius 1 is 1.29 bits per heavy atom. The minimum absolute atomic E-state index is 0.0942. The van der Waals surface area contributed by atoms with E-state index >= 15 is 0 Å². The van der Waals surface area contributed by atoms with Gasteiger partial charge >= 0.3 is 10.2 Å². The summed E-state index contributed by atoms with van der Waals surface area (Å²) in [5.74, 6) is -0.781. The minimum Gasteiger partial charge on any atom is -0.399 e. The van der Waals surface area contributed by atoms with Crippen LogP contribution in [0, 0.1) is 0 Å². The Morgan fingerprint density at radius 3 is 2.38 bits per heavy atom. The van der Waals surface area contributed by atoms with Crippen LogP contribution in [-0.2, 0) is 25.1 Å². The lowest BCUT2D eigenvalue weighted by Gasteiger charge is -2.19. The van der Waals surface area contributed by atoms with Crippen LogP contribution >= 0.6 is 0 Å². The first kappa shape index (κ1) is 15.7.